The Bertz CT molecular complexity index is 1360. The third kappa shape index (κ3) is 3.30. The fourth-order valence-electron chi connectivity index (χ4n) is 4.24. The lowest BCUT2D eigenvalue weighted by atomic mass is 9.90. The van der Waals surface area contributed by atoms with Crippen LogP contribution in [-0.2, 0) is 6.42 Å². The average Bonchev–Trinajstić information content (AvgIpc) is 2.81. The third-order valence-electron chi connectivity index (χ3n) is 5.70. The van der Waals surface area contributed by atoms with Crippen molar-refractivity contribution in [2.24, 2.45) is 0 Å². The van der Waals surface area contributed by atoms with Crippen LogP contribution >= 0.6 is 12.2 Å². The van der Waals surface area contributed by atoms with Crippen molar-refractivity contribution < 1.29 is 5.11 Å². The zero-order valence-electron chi connectivity index (χ0n) is 16.7. The summed E-state index contributed by atoms with van der Waals surface area (Å²) in [5.74, 6) is -0.136. The molecule has 1 aliphatic rings. The molecule has 4 aromatic rings. The zero-order valence-corrected chi connectivity index (χ0v) is 17.5. The standard InChI is InChI=1S/C25H21N3O2S/c29-23-21(22-20-14-8-7-9-17(20)15-16-26-22)24(30)28(19-12-5-2-6-13-19)25(31)27(23)18-10-3-1-4-11-18/h1-14,22,26,29H,15-16H2/t22-/m0/s1. The normalized spacial score (nSPS) is 15.4. The summed E-state index contributed by atoms with van der Waals surface area (Å²) in [6.07, 6.45) is 0.873. The van der Waals surface area contributed by atoms with Crippen molar-refractivity contribution in [1.29, 1.82) is 0 Å². The van der Waals surface area contributed by atoms with E-state index in [0.717, 1.165) is 12.0 Å². The average molecular weight is 428 g/mol. The fourth-order valence-corrected chi connectivity index (χ4v) is 4.62. The summed E-state index contributed by atoms with van der Waals surface area (Å²) in [4.78, 5) is 13.8. The molecule has 3 aromatic carbocycles. The van der Waals surface area contributed by atoms with E-state index in [-0.39, 0.29) is 21.8 Å². The Morgan fingerprint density at radius 1 is 0.839 bits per heavy atom. The molecule has 0 spiro atoms. The van der Waals surface area contributed by atoms with Crippen molar-refractivity contribution >= 4 is 12.2 Å². The number of aromatic nitrogens is 2. The van der Waals surface area contributed by atoms with Gasteiger partial charge in [0.25, 0.3) is 5.56 Å². The minimum Gasteiger partial charge on any atom is -0.494 e. The summed E-state index contributed by atoms with van der Waals surface area (Å²) < 4.78 is 3.28. The van der Waals surface area contributed by atoms with Gasteiger partial charge in [0.1, 0.15) is 0 Å². The van der Waals surface area contributed by atoms with E-state index in [9.17, 15) is 9.90 Å². The number of benzene rings is 3. The van der Waals surface area contributed by atoms with E-state index in [1.807, 2.05) is 78.9 Å². The summed E-state index contributed by atoms with van der Waals surface area (Å²) in [7, 11) is 0. The van der Waals surface area contributed by atoms with Gasteiger partial charge in [-0.25, -0.2) is 0 Å². The summed E-state index contributed by atoms with van der Waals surface area (Å²) >= 11 is 5.72. The molecular formula is C25H21N3O2S. The van der Waals surface area contributed by atoms with Crippen LogP contribution in [0.1, 0.15) is 22.7 Å². The van der Waals surface area contributed by atoms with Crippen molar-refractivity contribution in [3.8, 4) is 17.3 Å². The molecule has 1 aromatic heterocycles. The minimum absolute atomic E-state index is 0.136. The number of hydrogen-bond acceptors (Lipinski definition) is 4. The van der Waals surface area contributed by atoms with E-state index in [1.54, 1.807) is 4.57 Å². The van der Waals surface area contributed by atoms with Crippen molar-refractivity contribution in [1.82, 2.24) is 14.5 Å². The highest BCUT2D eigenvalue weighted by atomic mass is 32.1. The SMILES string of the molecule is O=c1c([C@H]2NCCc3ccccc32)c(O)n(-c2ccccc2)c(=S)n1-c1ccccc1. The molecule has 1 aliphatic heterocycles. The van der Waals surface area contributed by atoms with Crippen LogP contribution in [0.2, 0.25) is 0 Å². The lowest BCUT2D eigenvalue weighted by Gasteiger charge is -2.28. The zero-order chi connectivity index (χ0) is 21.4. The molecule has 0 bridgehead atoms. The van der Waals surface area contributed by atoms with Gasteiger partial charge in [0, 0.05) is 6.54 Å². The lowest BCUT2D eigenvalue weighted by molar-refractivity contribution is 0.410. The van der Waals surface area contributed by atoms with Gasteiger partial charge in [-0.3, -0.25) is 13.9 Å². The molecule has 0 radical (unpaired) electrons. The van der Waals surface area contributed by atoms with Gasteiger partial charge in [0.05, 0.1) is 23.0 Å². The number of para-hydroxylation sites is 2. The number of hydrogen-bond donors (Lipinski definition) is 2. The molecule has 0 fully saturated rings. The van der Waals surface area contributed by atoms with Crippen LogP contribution in [0.25, 0.3) is 11.4 Å². The molecule has 0 saturated carbocycles. The van der Waals surface area contributed by atoms with E-state index in [2.05, 4.69) is 11.4 Å². The molecule has 0 saturated heterocycles. The van der Waals surface area contributed by atoms with Crippen LogP contribution in [0.5, 0.6) is 5.88 Å². The molecule has 5 rings (SSSR count). The van der Waals surface area contributed by atoms with Crippen LogP contribution in [0.15, 0.2) is 89.7 Å². The van der Waals surface area contributed by atoms with Crippen molar-refractivity contribution in [2.45, 2.75) is 12.5 Å². The smallest absolute Gasteiger partial charge is 0.267 e. The maximum absolute atomic E-state index is 13.8. The highest BCUT2D eigenvalue weighted by Crippen LogP contribution is 2.33. The number of rotatable bonds is 3. The molecule has 2 heterocycles. The Morgan fingerprint density at radius 3 is 2.10 bits per heavy atom. The Kier molecular flexibility index (Phi) is 5.02. The van der Waals surface area contributed by atoms with Crippen LogP contribution in [0.3, 0.4) is 0 Å². The van der Waals surface area contributed by atoms with Crippen molar-refractivity contribution in [3.63, 3.8) is 0 Å². The molecule has 0 amide bonds. The van der Waals surface area contributed by atoms with Crippen LogP contribution < -0.4 is 10.9 Å². The van der Waals surface area contributed by atoms with Crippen LogP contribution in [0, 0.1) is 4.77 Å². The molecule has 1 atom stereocenters. The lowest BCUT2D eigenvalue weighted by Crippen LogP contribution is -2.37. The second kappa shape index (κ2) is 7.98. The topological polar surface area (TPSA) is 59.2 Å². The molecule has 5 nitrogen and oxygen atoms in total. The third-order valence-corrected chi connectivity index (χ3v) is 6.06. The minimum atomic E-state index is -0.432. The molecule has 0 unspecified atom stereocenters. The van der Waals surface area contributed by atoms with Crippen molar-refractivity contribution in [2.75, 3.05) is 6.54 Å². The van der Waals surface area contributed by atoms with E-state index in [4.69, 9.17) is 12.2 Å². The van der Waals surface area contributed by atoms with Gasteiger partial charge in [-0.05, 0) is 54.0 Å². The van der Waals surface area contributed by atoms with E-state index < -0.39 is 6.04 Å². The highest BCUT2D eigenvalue weighted by molar-refractivity contribution is 7.71. The number of nitrogens with zero attached hydrogens (tertiary/aromatic N) is 2. The van der Waals surface area contributed by atoms with Crippen LogP contribution in [0.4, 0.5) is 0 Å². The Morgan fingerprint density at radius 2 is 1.42 bits per heavy atom. The monoisotopic (exact) mass is 427 g/mol. The van der Waals surface area contributed by atoms with Gasteiger partial charge < -0.3 is 10.4 Å². The van der Waals surface area contributed by atoms with Gasteiger partial charge in [-0.1, -0.05) is 60.7 Å². The molecule has 154 valence electrons. The van der Waals surface area contributed by atoms with Gasteiger partial charge in [0.15, 0.2) is 4.77 Å². The fraction of sp³-hybridized carbons (Fsp3) is 0.120. The molecule has 6 heteroatoms. The molecule has 31 heavy (non-hydrogen) atoms. The molecule has 0 aliphatic carbocycles. The first-order valence-corrected chi connectivity index (χ1v) is 10.6. The predicted molar refractivity (Wildman–Crippen MR) is 124 cm³/mol. The van der Waals surface area contributed by atoms with Crippen molar-refractivity contribution in [3.05, 3.63) is 117 Å². The van der Waals surface area contributed by atoms with Gasteiger partial charge in [0.2, 0.25) is 5.88 Å². The second-order valence-corrected chi connectivity index (χ2v) is 7.87. The highest BCUT2D eigenvalue weighted by Gasteiger charge is 2.30. The molecule has 2 N–H and O–H groups in total. The Balaban J connectivity index is 1.86. The number of fused-ring (bicyclic) bond motifs is 1. The number of aromatic hydroxyl groups is 1. The number of nitrogens with one attached hydrogen (secondary N) is 1. The second-order valence-electron chi connectivity index (χ2n) is 7.50. The first-order chi connectivity index (χ1) is 15.2. The van der Waals surface area contributed by atoms with Gasteiger partial charge >= 0.3 is 0 Å². The quantitative estimate of drug-likeness (QED) is 0.479. The van der Waals surface area contributed by atoms with Crippen LogP contribution in [-0.4, -0.2) is 20.8 Å². The summed E-state index contributed by atoms with van der Waals surface area (Å²) in [5, 5.41) is 14.8. The van der Waals surface area contributed by atoms with E-state index in [1.165, 1.54) is 10.1 Å². The first-order valence-electron chi connectivity index (χ1n) is 10.2. The maximum atomic E-state index is 13.8. The first kappa shape index (κ1) is 19.5. The maximum Gasteiger partial charge on any atom is 0.267 e. The van der Waals surface area contributed by atoms with Gasteiger partial charge in [-0.2, -0.15) is 0 Å². The largest absolute Gasteiger partial charge is 0.494 e. The predicted octanol–water partition coefficient (Wildman–Crippen LogP) is 4.30. The summed E-state index contributed by atoms with van der Waals surface area (Å²) in [6.45, 7) is 0.715. The van der Waals surface area contributed by atoms with E-state index in [0.29, 0.717) is 17.9 Å². The van der Waals surface area contributed by atoms with E-state index >= 15 is 0 Å². The van der Waals surface area contributed by atoms with Gasteiger partial charge in [-0.15, -0.1) is 0 Å². The summed E-state index contributed by atoms with van der Waals surface area (Å²) in [5.41, 5.74) is 3.48. The summed E-state index contributed by atoms with van der Waals surface area (Å²) in [6, 6.07) is 26.3. The Hall–Kier alpha value is -3.48. The molecular weight excluding hydrogens is 406 g/mol. The Labute approximate surface area is 184 Å².